The summed E-state index contributed by atoms with van der Waals surface area (Å²) in [7, 11) is 0. The van der Waals surface area contributed by atoms with Crippen molar-refractivity contribution in [2.24, 2.45) is 0 Å². The molecular weight excluding hydrogens is 382 g/mol. The predicted molar refractivity (Wildman–Crippen MR) is 116 cm³/mol. The first kappa shape index (κ1) is 19.7. The number of carbonyl (C=O) groups is 1. The van der Waals surface area contributed by atoms with Crippen LogP contribution in [0.15, 0.2) is 45.9 Å². The fourth-order valence-corrected chi connectivity index (χ4v) is 4.50. The molecule has 0 unspecified atom stereocenters. The van der Waals surface area contributed by atoms with Crippen molar-refractivity contribution in [3.63, 3.8) is 0 Å². The Morgan fingerprint density at radius 3 is 2.93 bits per heavy atom. The Balaban J connectivity index is 1.55. The molecule has 0 saturated carbocycles. The molecule has 3 aromatic heterocycles. The molecule has 0 fully saturated rings. The lowest BCUT2D eigenvalue weighted by molar-refractivity contribution is 0.0953. The van der Waals surface area contributed by atoms with E-state index in [4.69, 9.17) is 4.42 Å². The van der Waals surface area contributed by atoms with Crippen LogP contribution < -0.4 is 5.32 Å². The smallest absolute Gasteiger partial charge is 0.253 e. The topological polar surface area (TPSA) is 60.1 Å². The van der Waals surface area contributed by atoms with Crippen LogP contribution in [0.5, 0.6) is 0 Å². The van der Waals surface area contributed by atoms with Crippen LogP contribution in [0.3, 0.4) is 0 Å². The van der Waals surface area contributed by atoms with Crippen molar-refractivity contribution >= 4 is 17.2 Å². The molecular formula is C23H27N3O2S. The lowest BCUT2D eigenvalue weighted by atomic mass is 9.97. The minimum Gasteiger partial charge on any atom is -0.467 e. The van der Waals surface area contributed by atoms with Gasteiger partial charge in [-0.05, 0) is 64.2 Å². The van der Waals surface area contributed by atoms with Gasteiger partial charge in [0.2, 0.25) is 0 Å². The number of aryl methyl sites for hydroxylation is 1. The minimum atomic E-state index is -0.0229. The first-order valence-electron chi connectivity index (χ1n) is 10.2. The summed E-state index contributed by atoms with van der Waals surface area (Å²) in [5.74, 6) is 0.832. The van der Waals surface area contributed by atoms with Gasteiger partial charge in [0.15, 0.2) is 0 Å². The highest BCUT2D eigenvalue weighted by Crippen LogP contribution is 2.28. The number of carbonyl (C=O) groups excluding carboxylic acids is 1. The van der Waals surface area contributed by atoms with E-state index in [0.29, 0.717) is 18.7 Å². The van der Waals surface area contributed by atoms with Crippen LogP contribution in [-0.4, -0.2) is 22.0 Å². The number of amides is 1. The molecule has 0 aromatic carbocycles. The Morgan fingerprint density at radius 2 is 2.24 bits per heavy atom. The molecule has 1 aliphatic rings. The van der Waals surface area contributed by atoms with Crippen molar-refractivity contribution in [1.29, 1.82) is 0 Å². The van der Waals surface area contributed by atoms with Crippen LogP contribution >= 0.6 is 11.3 Å². The fraction of sp³-hybridized carbons (Fsp3) is 0.391. The molecule has 0 saturated heterocycles. The Labute approximate surface area is 175 Å². The summed E-state index contributed by atoms with van der Waals surface area (Å²) in [5, 5.41) is 6.16. The molecule has 6 heteroatoms. The van der Waals surface area contributed by atoms with Gasteiger partial charge in [-0.25, -0.2) is 4.98 Å². The third-order valence-corrected chi connectivity index (χ3v) is 6.28. The summed E-state index contributed by atoms with van der Waals surface area (Å²) in [5.41, 5.74) is 4.95. The molecule has 4 rings (SSSR count). The van der Waals surface area contributed by atoms with Gasteiger partial charge in [0, 0.05) is 17.6 Å². The number of aromatic nitrogens is 2. The van der Waals surface area contributed by atoms with Crippen molar-refractivity contribution in [1.82, 2.24) is 14.9 Å². The van der Waals surface area contributed by atoms with E-state index in [1.165, 1.54) is 31.3 Å². The monoisotopic (exact) mass is 409 g/mol. The molecule has 5 nitrogen and oxygen atoms in total. The average Bonchev–Trinajstić information content (AvgIpc) is 3.45. The normalized spacial score (nSPS) is 14.1. The largest absolute Gasteiger partial charge is 0.467 e. The van der Waals surface area contributed by atoms with E-state index in [2.05, 4.69) is 20.9 Å². The van der Waals surface area contributed by atoms with Gasteiger partial charge in [-0.1, -0.05) is 11.6 Å². The molecule has 3 aromatic rings. The molecule has 0 spiro atoms. The van der Waals surface area contributed by atoms with Gasteiger partial charge < -0.3 is 14.3 Å². The summed E-state index contributed by atoms with van der Waals surface area (Å²) >= 11 is 1.61. The molecule has 152 valence electrons. The van der Waals surface area contributed by atoms with Crippen molar-refractivity contribution in [2.75, 3.05) is 6.54 Å². The van der Waals surface area contributed by atoms with Crippen LogP contribution in [0.25, 0.3) is 11.4 Å². The number of furan rings is 1. The first-order chi connectivity index (χ1) is 14.1. The molecule has 0 atom stereocenters. The van der Waals surface area contributed by atoms with Crippen LogP contribution in [0.2, 0.25) is 0 Å². The quantitative estimate of drug-likeness (QED) is 0.525. The summed E-state index contributed by atoms with van der Waals surface area (Å²) in [4.78, 5) is 17.6. The van der Waals surface area contributed by atoms with Crippen molar-refractivity contribution in [3.05, 3.63) is 63.5 Å². The van der Waals surface area contributed by atoms with Gasteiger partial charge in [0.25, 0.3) is 5.91 Å². The summed E-state index contributed by atoms with van der Waals surface area (Å²) < 4.78 is 7.66. The highest BCUT2D eigenvalue weighted by molar-refractivity contribution is 7.09. The van der Waals surface area contributed by atoms with Crippen LogP contribution in [0.4, 0.5) is 0 Å². The highest BCUT2D eigenvalue weighted by atomic mass is 32.1. The van der Waals surface area contributed by atoms with E-state index in [9.17, 15) is 4.79 Å². The van der Waals surface area contributed by atoms with Crippen molar-refractivity contribution < 1.29 is 9.21 Å². The Kier molecular flexibility index (Phi) is 6.00. The predicted octanol–water partition coefficient (Wildman–Crippen LogP) is 5.49. The maximum absolute atomic E-state index is 12.9. The number of thiazole rings is 1. The second-order valence-corrected chi connectivity index (χ2v) is 8.62. The van der Waals surface area contributed by atoms with Crippen LogP contribution in [-0.2, 0) is 6.54 Å². The summed E-state index contributed by atoms with van der Waals surface area (Å²) in [6.45, 7) is 5.24. The third-order valence-electron chi connectivity index (χ3n) is 5.50. The number of hydrogen-bond acceptors (Lipinski definition) is 4. The highest BCUT2D eigenvalue weighted by Gasteiger charge is 2.20. The number of nitrogens with one attached hydrogen (secondary N) is 1. The second kappa shape index (κ2) is 8.82. The molecule has 0 aliphatic heterocycles. The molecule has 1 aliphatic carbocycles. The van der Waals surface area contributed by atoms with Crippen LogP contribution in [0.1, 0.15) is 58.9 Å². The Morgan fingerprint density at radius 1 is 1.34 bits per heavy atom. The lowest BCUT2D eigenvalue weighted by Gasteiger charge is -2.13. The van der Waals surface area contributed by atoms with Crippen molar-refractivity contribution in [3.8, 4) is 11.4 Å². The van der Waals surface area contributed by atoms with Crippen LogP contribution in [0, 0.1) is 13.8 Å². The minimum absolute atomic E-state index is 0.0229. The Hall–Kier alpha value is -2.60. The van der Waals surface area contributed by atoms with Gasteiger partial charge in [-0.3, -0.25) is 4.79 Å². The van der Waals surface area contributed by atoms with Gasteiger partial charge in [-0.2, -0.15) is 0 Å². The van der Waals surface area contributed by atoms with Gasteiger partial charge in [0.1, 0.15) is 5.76 Å². The molecule has 3 heterocycles. The maximum atomic E-state index is 12.9. The second-order valence-electron chi connectivity index (χ2n) is 7.56. The van der Waals surface area contributed by atoms with E-state index in [1.54, 1.807) is 17.6 Å². The lowest BCUT2D eigenvalue weighted by Crippen LogP contribution is -2.25. The SMILES string of the molecule is Cc1nc(-c2cc(C(=O)NCCC3=CCCCC3)c(C)n2Cc2ccco2)cs1. The number of hydrogen-bond donors (Lipinski definition) is 1. The molecule has 1 amide bonds. The van der Waals surface area contributed by atoms with E-state index >= 15 is 0 Å². The number of nitrogens with zero attached hydrogens (tertiary/aromatic N) is 2. The van der Waals surface area contributed by atoms with E-state index in [0.717, 1.165) is 34.3 Å². The number of allylic oxidation sites excluding steroid dienone is 1. The zero-order valence-corrected chi connectivity index (χ0v) is 17.8. The molecule has 0 bridgehead atoms. The Bertz CT molecular complexity index is 1010. The zero-order valence-electron chi connectivity index (χ0n) is 17.0. The first-order valence-corrected chi connectivity index (χ1v) is 11.1. The zero-order chi connectivity index (χ0) is 20.2. The standard InChI is InChI=1S/C23H27N3O2S/c1-16-20(23(27)24-11-10-18-7-4-3-5-8-18)13-22(21-15-29-17(2)25-21)26(16)14-19-9-6-12-28-19/h6-7,9,12-13,15H,3-5,8,10-11,14H2,1-2H3,(H,24,27). The molecule has 1 N–H and O–H groups in total. The van der Waals surface area contributed by atoms with E-state index in [-0.39, 0.29) is 5.91 Å². The third kappa shape index (κ3) is 4.53. The van der Waals surface area contributed by atoms with Gasteiger partial charge in [0.05, 0.1) is 34.8 Å². The van der Waals surface area contributed by atoms with E-state index < -0.39 is 0 Å². The average molecular weight is 410 g/mol. The molecule has 29 heavy (non-hydrogen) atoms. The molecule has 0 radical (unpaired) electrons. The van der Waals surface area contributed by atoms with Crippen molar-refractivity contribution in [2.45, 2.75) is 52.5 Å². The summed E-state index contributed by atoms with van der Waals surface area (Å²) in [6.07, 6.45) is 9.85. The maximum Gasteiger partial charge on any atom is 0.253 e. The van der Waals surface area contributed by atoms with Gasteiger partial charge >= 0.3 is 0 Å². The fourth-order valence-electron chi connectivity index (χ4n) is 3.89. The number of rotatable bonds is 7. The summed E-state index contributed by atoms with van der Waals surface area (Å²) in [6, 6.07) is 5.80. The van der Waals surface area contributed by atoms with Gasteiger partial charge in [-0.15, -0.1) is 11.3 Å². The van der Waals surface area contributed by atoms with E-state index in [1.807, 2.05) is 37.4 Å².